The number of aromatic nitrogens is 5. The third-order valence-corrected chi connectivity index (χ3v) is 6.62. The Morgan fingerprint density at radius 2 is 1.53 bits per heavy atom. The molecule has 1 fully saturated rings. The highest BCUT2D eigenvalue weighted by Crippen LogP contribution is 2.37. The predicted octanol–water partition coefficient (Wildman–Crippen LogP) is 5.02. The van der Waals surface area contributed by atoms with Crippen LogP contribution in [-0.2, 0) is 6.42 Å². The fourth-order valence-electron chi connectivity index (χ4n) is 4.77. The largest absolute Gasteiger partial charge is 0.356 e. The maximum atomic E-state index is 13.3. The van der Waals surface area contributed by atoms with Gasteiger partial charge in [-0.1, -0.05) is 12.1 Å². The minimum absolute atomic E-state index is 0.236. The van der Waals surface area contributed by atoms with Gasteiger partial charge in [0.05, 0.1) is 5.69 Å². The van der Waals surface area contributed by atoms with Gasteiger partial charge in [-0.05, 0) is 66.5 Å². The number of aromatic amines is 1. The Labute approximate surface area is 195 Å². The summed E-state index contributed by atoms with van der Waals surface area (Å²) in [6.45, 7) is 1.70. The fourth-order valence-corrected chi connectivity index (χ4v) is 4.77. The summed E-state index contributed by atoms with van der Waals surface area (Å²) in [5.41, 5.74) is 4.98. The van der Waals surface area contributed by atoms with Gasteiger partial charge >= 0.3 is 0 Å². The third-order valence-electron chi connectivity index (χ3n) is 6.62. The zero-order valence-electron chi connectivity index (χ0n) is 18.4. The highest BCUT2D eigenvalue weighted by molar-refractivity contribution is 5.91. The monoisotopic (exact) mass is 456 g/mol. The molecular weight excluding hydrogens is 434 g/mol. The standard InChI is InChI=1S/C26H22F2N6/c27-20-5-1-16(2-6-20)19-13-22-23(14-19)29-15-30-26(22)34-11-9-18(10-12-34)25-31-24(32-33-25)17-3-7-21(28)8-4-17/h1-8,13,15,18H,9-12,14H2,(H,31,32,33). The van der Waals surface area contributed by atoms with E-state index in [2.05, 4.69) is 36.1 Å². The molecule has 1 N–H and O–H groups in total. The SMILES string of the molecule is Fc1ccc(C2=Cc3c(ncnc3N3CCC(c4nc(-c5ccc(F)cc5)n[nH]4)CC3)C2)cc1. The van der Waals surface area contributed by atoms with Gasteiger partial charge in [-0.2, -0.15) is 5.10 Å². The molecule has 34 heavy (non-hydrogen) atoms. The summed E-state index contributed by atoms with van der Waals surface area (Å²) in [5, 5.41) is 7.41. The molecule has 1 saturated heterocycles. The van der Waals surface area contributed by atoms with Gasteiger partial charge in [0.15, 0.2) is 5.82 Å². The summed E-state index contributed by atoms with van der Waals surface area (Å²) in [6, 6.07) is 12.8. The molecule has 3 heterocycles. The second kappa shape index (κ2) is 8.44. The van der Waals surface area contributed by atoms with Crippen molar-refractivity contribution < 1.29 is 8.78 Å². The Kier molecular flexibility index (Phi) is 5.13. The van der Waals surface area contributed by atoms with Crippen LogP contribution in [0.1, 0.15) is 41.4 Å². The molecule has 0 saturated carbocycles. The van der Waals surface area contributed by atoms with Gasteiger partial charge in [0.25, 0.3) is 0 Å². The lowest BCUT2D eigenvalue weighted by Gasteiger charge is -2.32. The third kappa shape index (κ3) is 3.85. The maximum absolute atomic E-state index is 13.3. The van der Waals surface area contributed by atoms with Crippen molar-refractivity contribution in [3.8, 4) is 11.4 Å². The first kappa shape index (κ1) is 20.7. The highest BCUT2D eigenvalue weighted by atomic mass is 19.1. The molecule has 1 aliphatic heterocycles. The van der Waals surface area contributed by atoms with Crippen molar-refractivity contribution in [2.24, 2.45) is 0 Å². The van der Waals surface area contributed by atoms with Crippen molar-refractivity contribution in [1.82, 2.24) is 25.1 Å². The average Bonchev–Trinajstić information content (AvgIpc) is 3.53. The summed E-state index contributed by atoms with van der Waals surface area (Å²) in [4.78, 5) is 16.1. The number of fused-ring (bicyclic) bond motifs is 1. The Bertz CT molecular complexity index is 1350. The van der Waals surface area contributed by atoms with E-state index in [1.54, 1.807) is 18.5 Å². The molecule has 0 bridgehead atoms. The van der Waals surface area contributed by atoms with Crippen LogP contribution in [0.25, 0.3) is 23.0 Å². The molecule has 6 nitrogen and oxygen atoms in total. The van der Waals surface area contributed by atoms with E-state index in [1.165, 1.54) is 24.3 Å². The Hall–Kier alpha value is -3.94. The van der Waals surface area contributed by atoms with Gasteiger partial charge in [-0.25, -0.2) is 23.7 Å². The Balaban J connectivity index is 1.17. The molecule has 1 aliphatic carbocycles. The Morgan fingerprint density at radius 1 is 0.853 bits per heavy atom. The number of nitrogens with one attached hydrogen (secondary N) is 1. The number of rotatable bonds is 4. The Morgan fingerprint density at radius 3 is 2.24 bits per heavy atom. The molecule has 170 valence electrons. The first-order valence-electron chi connectivity index (χ1n) is 11.4. The van der Waals surface area contributed by atoms with Crippen LogP contribution in [0.4, 0.5) is 14.6 Å². The summed E-state index contributed by atoms with van der Waals surface area (Å²) >= 11 is 0. The van der Waals surface area contributed by atoms with Gasteiger partial charge in [-0.3, -0.25) is 5.10 Å². The molecule has 0 spiro atoms. The molecule has 2 aromatic carbocycles. The smallest absolute Gasteiger partial charge is 0.181 e. The lowest BCUT2D eigenvalue weighted by Crippen LogP contribution is -2.34. The molecule has 0 unspecified atom stereocenters. The van der Waals surface area contributed by atoms with E-state index in [0.717, 1.165) is 72.0 Å². The van der Waals surface area contributed by atoms with Gasteiger partial charge in [-0.15, -0.1) is 0 Å². The lowest BCUT2D eigenvalue weighted by atomic mass is 9.96. The van der Waals surface area contributed by atoms with Gasteiger partial charge < -0.3 is 4.90 Å². The maximum Gasteiger partial charge on any atom is 0.181 e. The minimum Gasteiger partial charge on any atom is -0.356 e. The van der Waals surface area contributed by atoms with Crippen LogP contribution in [0.5, 0.6) is 0 Å². The van der Waals surface area contributed by atoms with E-state index < -0.39 is 0 Å². The van der Waals surface area contributed by atoms with Gasteiger partial charge in [0.1, 0.15) is 29.6 Å². The number of nitrogens with zero attached hydrogens (tertiary/aromatic N) is 5. The molecule has 8 heteroatoms. The van der Waals surface area contributed by atoms with E-state index in [1.807, 2.05) is 12.1 Å². The van der Waals surface area contributed by atoms with Crippen molar-refractivity contribution in [1.29, 1.82) is 0 Å². The number of benzene rings is 2. The topological polar surface area (TPSA) is 70.6 Å². The van der Waals surface area contributed by atoms with E-state index in [9.17, 15) is 8.78 Å². The summed E-state index contributed by atoms with van der Waals surface area (Å²) < 4.78 is 26.5. The molecule has 2 aromatic heterocycles. The van der Waals surface area contributed by atoms with Crippen LogP contribution < -0.4 is 4.90 Å². The van der Waals surface area contributed by atoms with Crippen LogP contribution in [0.15, 0.2) is 54.9 Å². The summed E-state index contributed by atoms with van der Waals surface area (Å²) in [7, 11) is 0. The number of hydrogen-bond acceptors (Lipinski definition) is 5. The zero-order chi connectivity index (χ0) is 23.1. The molecule has 4 aromatic rings. The van der Waals surface area contributed by atoms with Crippen LogP contribution >= 0.6 is 0 Å². The number of hydrogen-bond donors (Lipinski definition) is 1. The minimum atomic E-state index is -0.275. The molecular formula is C26H22F2N6. The highest BCUT2D eigenvalue weighted by Gasteiger charge is 2.28. The second-order valence-corrected chi connectivity index (χ2v) is 8.72. The van der Waals surface area contributed by atoms with E-state index in [0.29, 0.717) is 5.82 Å². The van der Waals surface area contributed by atoms with Crippen molar-refractivity contribution in [3.63, 3.8) is 0 Å². The van der Waals surface area contributed by atoms with Crippen LogP contribution in [-0.4, -0.2) is 38.2 Å². The van der Waals surface area contributed by atoms with E-state index in [-0.39, 0.29) is 17.6 Å². The number of allylic oxidation sites excluding steroid dienone is 1. The average molecular weight is 457 g/mol. The summed E-state index contributed by atoms with van der Waals surface area (Å²) in [5.74, 6) is 2.17. The molecule has 0 amide bonds. The van der Waals surface area contributed by atoms with Gasteiger partial charge in [0, 0.05) is 36.6 Å². The normalized spacial score (nSPS) is 15.9. The first-order valence-corrected chi connectivity index (χ1v) is 11.4. The zero-order valence-corrected chi connectivity index (χ0v) is 18.4. The summed E-state index contributed by atoms with van der Waals surface area (Å²) in [6.07, 6.45) is 6.33. The van der Waals surface area contributed by atoms with E-state index in [4.69, 9.17) is 0 Å². The fraction of sp³-hybridized carbons (Fsp3) is 0.231. The number of halogens is 2. The van der Waals surface area contributed by atoms with E-state index >= 15 is 0 Å². The van der Waals surface area contributed by atoms with Crippen LogP contribution in [0, 0.1) is 11.6 Å². The quantitative estimate of drug-likeness (QED) is 0.467. The van der Waals surface area contributed by atoms with Crippen LogP contribution in [0.3, 0.4) is 0 Å². The number of H-pyrrole nitrogens is 1. The molecule has 0 radical (unpaired) electrons. The number of anilines is 1. The molecule has 0 atom stereocenters. The lowest BCUT2D eigenvalue weighted by molar-refractivity contribution is 0.484. The van der Waals surface area contributed by atoms with Gasteiger partial charge in [0.2, 0.25) is 0 Å². The van der Waals surface area contributed by atoms with Crippen molar-refractivity contribution in [2.75, 3.05) is 18.0 Å². The molecule has 6 rings (SSSR count). The number of piperidine rings is 1. The van der Waals surface area contributed by atoms with Crippen LogP contribution in [0.2, 0.25) is 0 Å². The van der Waals surface area contributed by atoms with Crippen molar-refractivity contribution in [3.05, 3.63) is 89.1 Å². The second-order valence-electron chi connectivity index (χ2n) is 8.72. The predicted molar refractivity (Wildman–Crippen MR) is 126 cm³/mol. The van der Waals surface area contributed by atoms with Crippen molar-refractivity contribution >= 4 is 17.5 Å². The first-order chi connectivity index (χ1) is 16.6. The molecule has 2 aliphatic rings. The van der Waals surface area contributed by atoms with Crippen molar-refractivity contribution in [2.45, 2.75) is 25.2 Å².